The minimum atomic E-state index is -3.15. The Hall–Kier alpha value is -0.170. The van der Waals surface area contributed by atoms with E-state index in [4.69, 9.17) is 4.74 Å². The predicted octanol–water partition coefficient (Wildman–Crippen LogP) is 0.227. The molecule has 2 aliphatic rings. The van der Waals surface area contributed by atoms with Crippen molar-refractivity contribution in [1.29, 1.82) is 0 Å². The van der Waals surface area contributed by atoms with Crippen molar-refractivity contribution < 1.29 is 13.2 Å². The molecular weight excluding hydrogens is 240 g/mol. The lowest BCUT2D eigenvalue weighted by Gasteiger charge is -2.26. The molecule has 2 heterocycles. The molecule has 1 unspecified atom stereocenters. The number of piperidine rings is 1. The molecule has 1 atom stereocenters. The van der Waals surface area contributed by atoms with E-state index in [1.54, 1.807) is 0 Å². The van der Waals surface area contributed by atoms with Crippen molar-refractivity contribution in [2.24, 2.45) is 0 Å². The lowest BCUT2D eigenvalue weighted by atomic mass is 10.1. The summed E-state index contributed by atoms with van der Waals surface area (Å²) in [6.07, 6.45) is 4.69. The molecule has 0 saturated carbocycles. The third kappa shape index (κ3) is 3.91. The van der Waals surface area contributed by atoms with Gasteiger partial charge in [0.05, 0.1) is 5.25 Å². The fraction of sp³-hybridized carbons (Fsp3) is 1.00. The minimum Gasteiger partial charge on any atom is -0.381 e. The fourth-order valence-corrected chi connectivity index (χ4v) is 3.90. The number of nitrogens with one attached hydrogen (secondary N) is 2. The molecule has 2 N–H and O–H groups in total. The molecule has 2 saturated heterocycles. The zero-order chi connectivity index (χ0) is 12.1. The van der Waals surface area contributed by atoms with Gasteiger partial charge < -0.3 is 10.1 Å². The zero-order valence-electron chi connectivity index (χ0n) is 10.2. The van der Waals surface area contributed by atoms with Crippen molar-refractivity contribution in [3.05, 3.63) is 0 Å². The molecule has 0 aromatic heterocycles. The summed E-state index contributed by atoms with van der Waals surface area (Å²) in [5.74, 6) is 0. The Labute approximate surface area is 103 Å². The van der Waals surface area contributed by atoms with Crippen molar-refractivity contribution >= 4 is 10.0 Å². The number of hydrogen-bond acceptors (Lipinski definition) is 4. The highest BCUT2D eigenvalue weighted by atomic mass is 32.2. The van der Waals surface area contributed by atoms with Crippen LogP contribution in [-0.2, 0) is 14.8 Å². The standard InChI is InChI=1S/C11H22N2O3S/c14-17(15,11-4-7-16-8-5-11)13-9-10-3-1-2-6-12-10/h10-13H,1-9H2. The van der Waals surface area contributed by atoms with E-state index < -0.39 is 10.0 Å². The summed E-state index contributed by atoms with van der Waals surface area (Å²) in [4.78, 5) is 0. The SMILES string of the molecule is O=S(=O)(NCC1CCCCN1)C1CCOCC1. The van der Waals surface area contributed by atoms with Gasteiger partial charge in [-0.05, 0) is 32.2 Å². The Morgan fingerprint density at radius 1 is 1.18 bits per heavy atom. The van der Waals surface area contributed by atoms with Crippen LogP contribution in [0, 0.1) is 0 Å². The van der Waals surface area contributed by atoms with E-state index in [0.29, 0.717) is 38.6 Å². The van der Waals surface area contributed by atoms with Crippen LogP contribution in [0.1, 0.15) is 32.1 Å². The van der Waals surface area contributed by atoms with Crippen LogP contribution >= 0.6 is 0 Å². The maximum atomic E-state index is 12.0. The number of sulfonamides is 1. The molecule has 17 heavy (non-hydrogen) atoms. The molecule has 0 aliphatic carbocycles. The number of ether oxygens (including phenoxy) is 1. The van der Waals surface area contributed by atoms with Gasteiger partial charge in [0.25, 0.3) is 0 Å². The van der Waals surface area contributed by atoms with E-state index in [9.17, 15) is 8.42 Å². The first kappa shape index (κ1) is 13.3. The van der Waals surface area contributed by atoms with Gasteiger partial charge in [0.15, 0.2) is 0 Å². The van der Waals surface area contributed by atoms with Gasteiger partial charge in [0.1, 0.15) is 0 Å². The zero-order valence-corrected chi connectivity index (χ0v) is 11.0. The van der Waals surface area contributed by atoms with Gasteiger partial charge in [-0.3, -0.25) is 0 Å². The fourth-order valence-electron chi connectivity index (χ4n) is 2.42. The Balaban J connectivity index is 1.79. The van der Waals surface area contributed by atoms with Crippen LogP contribution in [0.2, 0.25) is 0 Å². The molecule has 2 fully saturated rings. The van der Waals surface area contributed by atoms with Crippen LogP contribution in [0.5, 0.6) is 0 Å². The maximum absolute atomic E-state index is 12.0. The highest BCUT2D eigenvalue weighted by molar-refractivity contribution is 7.90. The molecular formula is C11H22N2O3S. The van der Waals surface area contributed by atoms with Crippen molar-refractivity contribution in [1.82, 2.24) is 10.0 Å². The maximum Gasteiger partial charge on any atom is 0.214 e. The second kappa shape index (κ2) is 6.13. The van der Waals surface area contributed by atoms with Crippen LogP contribution in [0.3, 0.4) is 0 Å². The van der Waals surface area contributed by atoms with E-state index in [2.05, 4.69) is 10.0 Å². The van der Waals surface area contributed by atoms with Gasteiger partial charge in [-0.15, -0.1) is 0 Å². The van der Waals surface area contributed by atoms with Crippen molar-refractivity contribution in [2.45, 2.75) is 43.4 Å². The molecule has 0 radical (unpaired) electrons. The number of hydrogen-bond donors (Lipinski definition) is 2. The van der Waals surface area contributed by atoms with Crippen LogP contribution < -0.4 is 10.0 Å². The topological polar surface area (TPSA) is 67.4 Å². The Kier molecular flexibility index (Phi) is 4.78. The smallest absolute Gasteiger partial charge is 0.214 e. The first-order chi connectivity index (χ1) is 8.18. The lowest BCUT2D eigenvalue weighted by molar-refractivity contribution is 0.0981. The number of rotatable bonds is 4. The molecule has 0 bridgehead atoms. The summed E-state index contributed by atoms with van der Waals surface area (Å²) in [5.41, 5.74) is 0. The van der Waals surface area contributed by atoms with Gasteiger partial charge in [0, 0.05) is 25.8 Å². The van der Waals surface area contributed by atoms with Crippen molar-refractivity contribution in [3.8, 4) is 0 Å². The highest BCUT2D eigenvalue weighted by Gasteiger charge is 2.28. The largest absolute Gasteiger partial charge is 0.381 e. The van der Waals surface area contributed by atoms with Crippen molar-refractivity contribution in [2.75, 3.05) is 26.3 Å². The van der Waals surface area contributed by atoms with Crippen LogP contribution in [0.25, 0.3) is 0 Å². The second-order valence-corrected chi connectivity index (χ2v) is 6.90. The molecule has 2 aliphatic heterocycles. The molecule has 100 valence electrons. The Bertz CT molecular complexity index is 320. The Morgan fingerprint density at radius 2 is 1.94 bits per heavy atom. The summed E-state index contributed by atoms with van der Waals surface area (Å²) in [7, 11) is -3.15. The summed E-state index contributed by atoms with van der Waals surface area (Å²) in [5, 5.41) is 3.08. The van der Waals surface area contributed by atoms with Crippen LogP contribution in [-0.4, -0.2) is 46.0 Å². The summed E-state index contributed by atoms with van der Waals surface area (Å²) in [6.45, 7) is 2.66. The van der Waals surface area contributed by atoms with Gasteiger partial charge in [-0.1, -0.05) is 6.42 Å². The normalized spacial score (nSPS) is 28.1. The monoisotopic (exact) mass is 262 g/mol. The molecule has 6 heteroatoms. The molecule has 0 aromatic carbocycles. The molecule has 0 aromatic rings. The van der Waals surface area contributed by atoms with E-state index in [1.807, 2.05) is 0 Å². The first-order valence-corrected chi connectivity index (χ1v) is 8.03. The van der Waals surface area contributed by atoms with Crippen LogP contribution in [0.15, 0.2) is 0 Å². The molecule has 0 spiro atoms. The quantitative estimate of drug-likeness (QED) is 0.761. The van der Waals surface area contributed by atoms with Gasteiger partial charge >= 0.3 is 0 Å². The average molecular weight is 262 g/mol. The predicted molar refractivity (Wildman–Crippen MR) is 66.4 cm³/mol. The third-order valence-corrected chi connectivity index (χ3v) is 5.47. The third-order valence-electron chi connectivity index (χ3n) is 3.55. The minimum absolute atomic E-state index is 0.264. The van der Waals surface area contributed by atoms with E-state index in [1.165, 1.54) is 12.8 Å². The van der Waals surface area contributed by atoms with Gasteiger partial charge in [0.2, 0.25) is 10.0 Å². The van der Waals surface area contributed by atoms with E-state index in [0.717, 1.165) is 13.0 Å². The summed E-state index contributed by atoms with van der Waals surface area (Å²) < 4.78 is 32.0. The Morgan fingerprint density at radius 3 is 2.59 bits per heavy atom. The van der Waals surface area contributed by atoms with Crippen molar-refractivity contribution in [3.63, 3.8) is 0 Å². The van der Waals surface area contributed by atoms with Crippen LogP contribution in [0.4, 0.5) is 0 Å². The molecule has 2 rings (SSSR count). The summed E-state index contributed by atoms with van der Waals surface area (Å²) >= 11 is 0. The molecule has 0 amide bonds. The van der Waals surface area contributed by atoms with Gasteiger partial charge in [-0.2, -0.15) is 0 Å². The van der Waals surface area contributed by atoms with E-state index >= 15 is 0 Å². The second-order valence-electron chi connectivity index (χ2n) is 4.85. The first-order valence-electron chi connectivity index (χ1n) is 6.48. The van der Waals surface area contributed by atoms with Gasteiger partial charge in [-0.25, -0.2) is 13.1 Å². The average Bonchev–Trinajstić information content (AvgIpc) is 2.39. The van der Waals surface area contributed by atoms with E-state index in [-0.39, 0.29) is 5.25 Å². The summed E-state index contributed by atoms with van der Waals surface area (Å²) in [6, 6.07) is 0.304. The lowest BCUT2D eigenvalue weighted by Crippen LogP contribution is -2.46. The highest BCUT2D eigenvalue weighted by Crippen LogP contribution is 2.15. The molecule has 5 nitrogen and oxygen atoms in total.